The highest BCUT2D eigenvalue weighted by Gasteiger charge is 2.04. The molecule has 3 nitrogen and oxygen atoms in total. The van der Waals surface area contributed by atoms with Gasteiger partial charge in [0.15, 0.2) is 0 Å². The summed E-state index contributed by atoms with van der Waals surface area (Å²) in [4.78, 5) is 4.14. The van der Waals surface area contributed by atoms with Gasteiger partial charge in [-0.1, -0.05) is 17.7 Å². The van der Waals surface area contributed by atoms with Gasteiger partial charge in [0.1, 0.15) is 11.5 Å². The van der Waals surface area contributed by atoms with Crippen molar-refractivity contribution in [2.45, 2.75) is 13.5 Å². The molecule has 0 radical (unpaired) electrons. The number of ether oxygens (including phenoxy) is 1. The second kappa shape index (κ2) is 5.85. The van der Waals surface area contributed by atoms with E-state index in [1.807, 2.05) is 38.2 Å². The van der Waals surface area contributed by atoms with Crippen molar-refractivity contribution < 1.29 is 4.74 Å². The molecule has 2 rings (SSSR count). The molecule has 18 heavy (non-hydrogen) atoms. The highest BCUT2D eigenvalue weighted by molar-refractivity contribution is 6.32. The molecule has 0 aliphatic heterocycles. The average Bonchev–Trinajstić information content (AvgIpc) is 2.35. The number of halogens is 1. The molecule has 1 aromatic carbocycles. The summed E-state index contributed by atoms with van der Waals surface area (Å²) in [6.07, 6.45) is 3.49. The van der Waals surface area contributed by atoms with Crippen LogP contribution in [0.25, 0.3) is 0 Å². The summed E-state index contributed by atoms with van der Waals surface area (Å²) in [5.74, 6) is 1.34. The van der Waals surface area contributed by atoms with Crippen LogP contribution >= 0.6 is 11.6 Å². The van der Waals surface area contributed by atoms with Crippen molar-refractivity contribution in [2.24, 2.45) is 0 Å². The minimum Gasteiger partial charge on any atom is -0.454 e. The first kappa shape index (κ1) is 12.9. The fourth-order valence-corrected chi connectivity index (χ4v) is 1.79. The van der Waals surface area contributed by atoms with E-state index in [4.69, 9.17) is 16.3 Å². The molecule has 0 amide bonds. The molecule has 0 saturated heterocycles. The molecule has 0 spiro atoms. The number of nitrogens with zero attached hydrogens (tertiary/aromatic N) is 1. The van der Waals surface area contributed by atoms with Gasteiger partial charge in [0.2, 0.25) is 0 Å². The van der Waals surface area contributed by atoms with Crippen molar-refractivity contribution in [3.8, 4) is 11.5 Å². The normalized spacial score (nSPS) is 10.4. The van der Waals surface area contributed by atoms with Crippen LogP contribution in [0.15, 0.2) is 36.7 Å². The van der Waals surface area contributed by atoms with E-state index in [1.54, 1.807) is 12.4 Å². The van der Waals surface area contributed by atoms with Gasteiger partial charge in [0.25, 0.3) is 0 Å². The van der Waals surface area contributed by atoms with E-state index in [0.717, 1.165) is 17.7 Å². The molecular formula is C14H15ClN2O. The lowest BCUT2D eigenvalue weighted by Crippen LogP contribution is -2.05. The van der Waals surface area contributed by atoms with Gasteiger partial charge in [-0.05, 0) is 43.3 Å². The minimum atomic E-state index is 0.597. The number of nitrogens with one attached hydrogen (secondary N) is 1. The molecule has 0 fully saturated rings. The molecule has 1 heterocycles. The maximum Gasteiger partial charge on any atom is 0.146 e. The Kier molecular flexibility index (Phi) is 4.18. The summed E-state index contributed by atoms with van der Waals surface area (Å²) in [5, 5.41) is 3.67. The van der Waals surface area contributed by atoms with Crippen LogP contribution < -0.4 is 10.1 Å². The lowest BCUT2D eigenvalue weighted by Gasteiger charge is -2.09. The summed E-state index contributed by atoms with van der Waals surface area (Å²) in [6.45, 7) is 2.75. The van der Waals surface area contributed by atoms with Crippen LogP contribution in [0.3, 0.4) is 0 Å². The van der Waals surface area contributed by atoms with Crippen LogP contribution in [0.1, 0.15) is 11.1 Å². The Morgan fingerprint density at radius 2 is 2.11 bits per heavy atom. The quantitative estimate of drug-likeness (QED) is 0.915. The van der Waals surface area contributed by atoms with E-state index in [0.29, 0.717) is 16.5 Å². The Hall–Kier alpha value is -1.58. The Balaban J connectivity index is 2.22. The Bertz CT molecular complexity index is 543. The van der Waals surface area contributed by atoms with E-state index in [2.05, 4.69) is 10.3 Å². The zero-order chi connectivity index (χ0) is 13.0. The molecule has 0 bridgehead atoms. The largest absolute Gasteiger partial charge is 0.454 e. The lowest BCUT2D eigenvalue weighted by atomic mass is 10.2. The number of hydrogen-bond acceptors (Lipinski definition) is 3. The predicted octanol–water partition coefficient (Wildman–Crippen LogP) is 3.56. The summed E-state index contributed by atoms with van der Waals surface area (Å²) < 4.78 is 5.75. The Morgan fingerprint density at radius 1 is 1.28 bits per heavy atom. The van der Waals surface area contributed by atoms with E-state index >= 15 is 0 Å². The molecule has 0 aliphatic rings. The van der Waals surface area contributed by atoms with Crippen molar-refractivity contribution in [1.82, 2.24) is 10.3 Å². The zero-order valence-corrected chi connectivity index (χ0v) is 11.2. The lowest BCUT2D eigenvalue weighted by molar-refractivity contribution is 0.479. The maximum absolute atomic E-state index is 6.09. The third-order valence-electron chi connectivity index (χ3n) is 2.47. The first-order valence-corrected chi connectivity index (χ1v) is 6.09. The second-order valence-corrected chi connectivity index (χ2v) is 4.50. The second-order valence-electron chi connectivity index (χ2n) is 4.10. The summed E-state index contributed by atoms with van der Waals surface area (Å²) in [7, 11) is 1.89. The molecule has 0 aliphatic carbocycles. The van der Waals surface area contributed by atoms with Crippen LogP contribution in [0.4, 0.5) is 0 Å². The van der Waals surface area contributed by atoms with Gasteiger partial charge in [-0.15, -0.1) is 0 Å². The first-order valence-electron chi connectivity index (χ1n) is 5.71. The highest BCUT2D eigenvalue weighted by atomic mass is 35.5. The van der Waals surface area contributed by atoms with Crippen molar-refractivity contribution in [3.63, 3.8) is 0 Å². The fraction of sp³-hybridized carbons (Fsp3) is 0.214. The van der Waals surface area contributed by atoms with Crippen molar-refractivity contribution in [1.29, 1.82) is 0 Å². The number of aryl methyl sites for hydroxylation is 1. The van der Waals surface area contributed by atoms with Crippen LogP contribution in [-0.2, 0) is 6.54 Å². The molecule has 1 aromatic heterocycles. The number of aromatic nitrogens is 1. The first-order chi connectivity index (χ1) is 8.69. The SMILES string of the molecule is CNCc1cncc(Oc2cc(C)ccc2Cl)c1. The number of rotatable bonds is 4. The minimum absolute atomic E-state index is 0.597. The van der Waals surface area contributed by atoms with E-state index in [1.165, 1.54) is 0 Å². The zero-order valence-electron chi connectivity index (χ0n) is 10.4. The number of benzene rings is 1. The topological polar surface area (TPSA) is 34.2 Å². The molecule has 4 heteroatoms. The van der Waals surface area contributed by atoms with E-state index in [9.17, 15) is 0 Å². The summed E-state index contributed by atoms with van der Waals surface area (Å²) in [6, 6.07) is 7.64. The molecule has 0 saturated carbocycles. The molecule has 0 unspecified atom stereocenters. The molecule has 2 aromatic rings. The number of hydrogen-bond donors (Lipinski definition) is 1. The molecule has 94 valence electrons. The third kappa shape index (κ3) is 3.22. The Labute approximate surface area is 112 Å². The summed E-state index contributed by atoms with van der Waals surface area (Å²) >= 11 is 6.09. The standard InChI is InChI=1S/C14H15ClN2O/c1-10-3-4-13(15)14(5-10)18-12-6-11(7-16-2)8-17-9-12/h3-6,8-9,16H,7H2,1-2H3. The molecule has 0 atom stereocenters. The van der Waals surface area contributed by atoms with Crippen LogP contribution in [0, 0.1) is 6.92 Å². The van der Waals surface area contributed by atoms with Crippen molar-refractivity contribution in [3.05, 3.63) is 52.8 Å². The van der Waals surface area contributed by atoms with Gasteiger partial charge >= 0.3 is 0 Å². The monoisotopic (exact) mass is 262 g/mol. The van der Waals surface area contributed by atoms with Crippen molar-refractivity contribution in [2.75, 3.05) is 7.05 Å². The smallest absolute Gasteiger partial charge is 0.146 e. The third-order valence-corrected chi connectivity index (χ3v) is 2.78. The van der Waals surface area contributed by atoms with Gasteiger partial charge < -0.3 is 10.1 Å². The van der Waals surface area contributed by atoms with Gasteiger partial charge in [-0.3, -0.25) is 4.98 Å². The summed E-state index contributed by atoms with van der Waals surface area (Å²) in [5.41, 5.74) is 2.17. The maximum atomic E-state index is 6.09. The fourth-order valence-electron chi connectivity index (χ4n) is 1.64. The van der Waals surface area contributed by atoms with Gasteiger partial charge in [0, 0.05) is 12.7 Å². The molecule has 1 N–H and O–H groups in total. The molecular weight excluding hydrogens is 248 g/mol. The number of pyridine rings is 1. The van der Waals surface area contributed by atoms with Gasteiger partial charge in [-0.25, -0.2) is 0 Å². The Morgan fingerprint density at radius 3 is 2.89 bits per heavy atom. The van der Waals surface area contributed by atoms with Crippen molar-refractivity contribution >= 4 is 11.6 Å². The highest BCUT2D eigenvalue weighted by Crippen LogP contribution is 2.30. The average molecular weight is 263 g/mol. The van der Waals surface area contributed by atoms with Crippen LogP contribution in [0.5, 0.6) is 11.5 Å². The van der Waals surface area contributed by atoms with Gasteiger partial charge in [-0.2, -0.15) is 0 Å². The predicted molar refractivity (Wildman–Crippen MR) is 73.3 cm³/mol. The van der Waals surface area contributed by atoms with E-state index < -0.39 is 0 Å². The van der Waals surface area contributed by atoms with Crippen LogP contribution in [-0.4, -0.2) is 12.0 Å². The van der Waals surface area contributed by atoms with Gasteiger partial charge in [0.05, 0.1) is 11.2 Å². The van der Waals surface area contributed by atoms with E-state index in [-0.39, 0.29) is 0 Å². The van der Waals surface area contributed by atoms with Crippen LogP contribution in [0.2, 0.25) is 5.02 Å².